The van der Waals surface area contributed by atoms with Crippen LogP contribution in [0.5, 0.6) is 11.5 Å². The van der Waals surface area contributed by atoms with Crippen molar-refractivity contribution >= 4 is 5.78 Å². The SMILES string of the molecule is C/C=C(\C)CN1CCC[C@@H](C(=O)c2ccc(OC)c(OC)c2)C1. The number of rotatable bonds is 6. The Labute approximate surface area is 139 Å². The molecular formula is C19H27NO3. The maximum Gasteiger partial charge on any atom is 0.167 e. The van der Waals surface area contributed by atoms with Crippen molar-refractivity contribution in [2.24, 2.45) is 5.92 Å². The third-order valence-corrected chi connectivity index (χ3v) is 4.51. The van der Waals surface area contributed by atoms with Crippen LogP contribution in [0.15, 0.2) is 29.8 Å². The van der Waals surface area contributed by atoms with Crippen LogP contribution in [0.25, 0.3) is 0 Å². The Balaban J connectivity index is 2.10. The summed E-state index contributed by atoms with van der Waals surface area (Å²) in [7, 11) is 3.19. The van der Waals surface area contributed by atoms with Crippen molar-refractivity contribution < 1.29 is 14.3 Å². The maximum atomic E-state index is 12.8. The molecule has 1 aromatic rings. The first-order valence-corrected chi connectivity index (χ1v) is 8.19. The Bertz CT molecular complexity index is 580. The molecule has 1 aliphatic rings. The highest BCUT2D eigenvalue weighted by molar-refractivity contribution is 5.98. The van der Waals surface area contributed by atoms with E-state index in [1.165, 1.54) is 5.57 Å². The van der Waals surface area contributed by atoms with Gasteiger partial charge in [0.25, 0.3) is 0 Å². The number of carbonyl (C=O) groups excluding carboxylic acids is 1. The quantitative estimate of drug-likeness (QED) is 0.594. The van der Waals surface area contributed by atoms with Crippen LogP contribution < -0.4 is 9.47 Å². The van der Waals surface area contributed by atoms with Gasteiger partial charge < -0.3 is 9.47 Å². The molecule has 0 radical (unpaired) electrons. The standard InChI is InChI=1S/C19H27NO3/c1-5-14(2)12-20-10-6-7-16(13-20)19(21)15-8-9-17(22-3)18(11-15)23-4/h5,8-9,11,16H,6-7,10,12-13H2,1-4H3/b14-5+/t16-/m1/s1. The van der Waals surface area contributed by atoms with Gasteiger partial charge in [-0.2, -0.15) is 0 Å². The third-order valence-electron chi connectivity index (χ3n) is 4.51. The van der Waals surface area contributed by atoms with E-state index in [1.807, 2.05) is 6.07 Å². The number of nitrogens with zero attached hydrogens (tertiary/aromatic N) is 1. The first-order valence-electron chi connectivity index (χ1n) is 8.19. The van der Waals surface area contributed by atoms with Gasteiger partial charge in [-0.3, -0.25) is 9.69 Å². The molecule has 126 valence electrons. The smallest absolute Gasteiger partial charge is 0.167 e. The fourth-order valence-electron chi connectivity index (χ4n) is 3.08. The minimum atomic E-state index is 0.0616. The van der Waals surface area contributed by atoms with Gasteiger partial charge in [0.15, 0.2) is 17.3 Å². The van der Waals surface area contributed by atoms with Crippen LogP contribution >= 0.6 is 0 Å². The second kappa shape index (κ2) is 8.16. The predicted octanol–water partition coefficient (Wildman–Crippen LogP) is 3.56. The molecule has 0 amide bonds. The summed E-state index contributed by atoms with van der Waals surface area (Å²) in [5, 5.41) is 0. The van der Waals surface area contributed by atoms with Crippen LogP contribution in [0.3, 0.4) is 0 Å². The normalized spacial score (nSPS) is 19.5. The van der Waals surface area contributed by atoms with Crippen LogP contribution in [0, 0.1) is 5.92 Å². The van der Waals surface area contributed by atoms with E-state index in [-0.39, 0.29) is 11.7 Å². The molecule has 0 unspecified atom stereocenters. The number of allylic oxidation sites excluding steroid dienone is 1. The van der Waals surface area contributed by atoms with Crippen LogP contribution in [-0.4, -0.2) is 44.5 Å². The van der Waals surface area contributed by atoms with Crippen LogP contribution in [-0.2, 0) is 0 Å². The van der Waals surface area contributed by atoms with Crippen LogP contribution in [0.1, 0.15) is 37.0 Å². The van der Waals surface area contributed by atoms with E-state index >= 15 is 0 Å². The Morgan fingerprint density at radius 3 is 2.70 bits per heavy atom. The Hall–Kier alpha value is -1.81. The van der Waals surface area contributed by atoms with Gasteiger partial charge in [0.1, 0.15) is 0 Å². The zero-order chi connectivity index (χ0) is 16.8. The van der Waals surface area contributed by atoms with Gasteiger partial charge >= 0.3 is 0 Å². The molecule has 0 aromatic heterocycles. The summed E-state index contributed by atoms with van der Waals surface area (Å²) < 4.78 is 10.5. The van der Waals surface area contributed by atoms with Crippen molar-refractivity contribution in [1.29, 1.82) is 0 Å². The molecule has 1 aliphatic heterocycles. The summed E-state index contributed by atoms with van der Waals surface area (Å²) in [4.78, 5) is 15.2. The van der Waals surface area contributed by atoms with Gasteiger partial charge in [-0.15, -0.1) is 0 Å². The van der Waals surface area contributed by atoms with E-state index < -0.39 is 0 Å². The molecule has 2 rings (SSSR count). The molecule has 0 bridgehead atoms. The van der Waals surface area contributed by atoms with Crippen LogP contribution in [0.2, 0.25) is 0 Å². The van der Waals surface area contributed by atoms with Crippen LogP contribution in [0.4, 0.5) is 0 Å². The number of hydrogen-bond acceptors (Lipinski definition) is 4. The third kappa shape index (κ3) is 4.35. The van der Waals surface area contributed by atoms with Crippen molar-refractivity contribution in [1.82, 2.24) is 4.90 Å². The number of benzene rings is 1. The largest absolute Gasteiger partial charge is 0.493 e. The van der Waals surface area contributed by atoms with E-state index in [2.05, 4.69) is 24.8 Å². The molecule has 1 fully saturated rings. The minimum Gasteiger partial charge on any atom is -0.493 e. The maximum absolute atomic E-state index is 12.8. The average molecular weight is 317 g/mol. The molecule has 4 nitrogen and oxygen atoms in total. The summed E-state index contributed by atoms with van der Waals surface area (Å²) in [5.74, 6) is 1.52. The number of methoxy groups -OCH3 is 2. The summed E-state index contributed by atoms with van der Waals surface area (Å²) in [6.07, 6.45) is 4.17. The zero-order valence-corrected chi connectivity index (χ0v) is 14.6. The molecule has 1 atom stereocenters. The zero-order valence-electron chi connectivity index (χ0n) is 14.6. The van der Waals surface area contributed by atoms with Gasteiger partial charge in [0.2, 0.25) is 0 Å². The lowest BCUT2D eigenvalue weighted by molar-refractivity contribution is 0.0828. The molecule has 0 saturated carbocycles. The lowest BCUT2D eigenvalue weighted by atomic mass is 9.89. The Kier molecular flexibility index (Phi) is 6.22. The summed E-state index contributed by atoms with van der Waals surface area (Å²) >= 11 is 0. The lowest BCUT2D eigenvalue weighted by Crippen LogP contribution is -2.39. The number of hydrogen-bond donors (Lipinski definition) is 0. The van der Waals surface area contributed by atoms with Gasteiger partial charge in [0.05, 0.1) is 14.2 Å². The summed E-state index contributed by atoms with van der Waals surface area (Å²) in [6.45, 7) is 7.05. The van der Waals surface area contributed by atoms with Crippen molar-refractivity contribution in [3.8, 4) is 11.5 Å². The highest BCUT2D eigenvalue weighted by Gasteiger charge is 2.27. The molecule has 0 aliphatic carbocycles. The van der Waals surface area contributed by atoms with Crippen molar-refractivity contribution in [2.45, 2.75) is 26.7 Å². The number of carbonyl (C=O) groups is 1. The number of likely N-dealkylation sites (tertiary alicyclic amines) is 1. The van der Waals surface area contributed by atoms with Crippen molar-refractivity contribution in [3.05, 3.63) is 35.4 Å². The van der Waals surface area contributed by atoms with E-state index in [4.69, 9.17) is 9.47 Å². The predicted molar refractivity (Wildman–Crippen MR) is 92.5 cm³/mol. The Morgan fingerprint density at radius 2 is 2.04 bits per heavy atom. The first kappa shape index (κ1) is 17.5. The van der Waals surface area contributed by atoms with Crippen molar-refractivity contribution in [3.63, 3.8) is 0 Å². The Morgan fingerprint density at radius 1 is 1.30 bits per heavy atom. The van der Waals surface area contributed by atoms with E-state index in [1.54, 1.807) is 26.4 Å². The minimum absolute atomic E-state index is 0.0616. The first-order chi connectivity index (χ1) is 11.1. The molecule has 0 N–H and O–H groups in total. The second-order valence-corrected chi connectivity index (χ2v) is 6.14. The molecule has 1 aromatic carbocycles. The summed E-state index contributed by atoms with van der Waals surface area (Å²) in [5.41, 5.74) is 2.06. The molecule has 4 heteroatoms. The number of Topliss-reactive ketones (excluding diaryl/α,β-unsaturated/α-hetero) is 1. The topological polar surface area (TPSA) is 38.8 Å². The van der Waals surface area contributed by atoms with E-state index in [0.29, 0.717) is 17.1 Å². The second-order valence-electron chi connectivity index (χ2n) is 6.14. The van der Waals surface area contributed by atoms with E-state index in [9.17, 15) is 4.79 Å². The number of ether oxygens (including phenoxy) is 2. The van der Waals surface area contributed by atoms with Gasteiger partial charge in [-0.25, -0.2) is 0 Å². The van der Waals surface area contributed by atoms with Gasteiger partial charge in [-0.05, 0) is 51.4 Å². The van der Waals surface area contributed by atoms with Gasteiger partial charge in [-0.1, -0.05) is 11.6 Å². The molecule has 0 spiro atoms. The van der Waals surface area contributed by atoms with Crippen molar-refractivity contribution in [2.75, 3.05) is 33.9 Å². The molecule has 1 saturated heterocycles. The molecular weight excluding hydrogens is 290 g/mol. The van der Waals surface area contributed by atoms with E-state index in [0.717, 1.165) is 32.5 Å². The fraction of sp³-hybridized carbons (Fsp3) is 0.526. The molecule has 23 heavy (non-hydrogen) atoms. The summed E-state index contributed by atoms with van der Waals surface area (Å²) in [6, 6.07) is 5.42. The monoisotopic (exact) mass is 317 g/mol. The highest BCUT2D eigenvalue weighted by atomic mass is 16.5. The fourth-order valence-corrected chi connectivity index (χ4v) is 3.08. The number of ketones is 1. The molecule has 1 heterocycles. The number of piperidine rings is 1. The highest BCUT2D eigenvalue weighted by Crippen LogP contribution is 2.30. The van der Waals surface area contributed by atoms with Gasteiger partial charge in [0, 0.05) is 24.6 Å². The average Bonchev–Trinajstić information content (AvgIpc) is 2.60. The lowest BCUT2D eigenvalue weighted by Gasteiger charge is -2.32.